The molecule has 0 unspecified atom stereocenters. The fourth-order valence-corrected chi connectivity index (χ4v) is 5.33. The van der Waals surface area contributed by atoms with Crippen molar-refractivity contribution >= 4 is 23.6 Å². The second-order valence-electron chi connectivity index (χ2n) is 11.6. The largest absolute Gasteiger partial charge is 0.416 e. The average molecular weight is 648 g/mol. The van der Waals surface area contributed by atoms with Crippen molar-refractivity contribution in [2.75, 3.05) is 6.54 Å². The Hall–Kier alpha value is -5.33. The minimum Gasteiger partial charge on any atom is -0.344 e. The summed E-state index contributed by atoms with van der Waals surface area (Å²) in [5.41, 5.74) is 0.976. The highest BCUT2D eigenvalue weighted by Gasteiger charge is 2.46. The van der Waals surface area contributed by atoms with Crippen molar-refractivity contribution in [3.8, 4) is 0 Å². The van der Waals surface area contributed by atoms with Gasteiger partial charge in [-0.3, -0.25) is 19.3 Å². The summed E-state index contributed by atoms with van der Waals surface area (Å²) in [6.07, 6.45) is -4.48. The molecule has 1 aliphatic heterocycles. The minimum atomic E-state index is -4.52. The number of amides is 4. The molecule has 2 heterocycles. The third-order valence-corrected chi connectivity index (χ3v) is 7.74. The number of benzene rings is 3. The smallest absolute Gasteiger partial charge is 0.344 e. The number of aromatic nitrogens is 2. The lowest BCUT2D eigenvalue weighted by Crippen LogP contribution is -2.50. The highest BCUT2D eigenvalue weighted by Crippen LogP contribution is 2.30. The predicted molar refractivity (Wildman–Crippen MR) is 163 cm³/mol. The summed E-state index contributed by atoms with van der Waals surface area (Å²) in [6, 6.07) is 20.1. The predicted octanol–water partition coefficient (Wildman–Crippen LogP) is 5.08. The van der Waals surface area contributed by atoms with Crippen molar-refractivity contribution in [3.05, 3.63) is 119 Å². The molecule has 3 aromatic carbocycles. The van der Waals surface area contributed by atoms with E-state index in [2.05, 4.69) is 15.5 Å². The molecule has 1 saturated heterocycles. The first-order valence-corrected chi connectivity index (χ1v) is 14.9. The topological polar surface area (TPSA) is 126 Å². The van der Waals surface area contributed by atoms with Crippen molar-refractivity contribution in [1.29, 1.82) is 0 Å². The molecule has 0 aliphatic carbocycles. The van der Waals surface area contributed by atoms with Crippen molar-refractivity contribution in [2.24, 2.45) is 5.92 Å². The first-order chi connectivity index (χ1) is 22.4. The molecule has 0 spiro atoms. The van der Waals surface area contributed by atoms with Crippen LogP contribution >= 0.6 is 0 Å². The maximum Gasteiger partial charge on any atom is 0.416 e. The van der Waals surface area contributed by atoms with E-state index in [0.29, 0.717) is 0 Å². The summed E-state index contributed by atoms with van der Waals surface area (Å²) in [5, 5.41) is 6.35. The molecule has 244 valence electrons. The summed E-state index contributed by atoms with van der Waals surface area (Å²) in [4.78, 5) is 60.3. The Kier molecular flexibility index (Phi) is 9.83. The Morgan fingerprint density at radius 3 is 2.19 bits per heavy atom. The van der Waals surface area contributed by atoms with E-state index in [1.165, 1.54) is 17.0 Å². The molecular formula is C34H32F3N5O5. The number of hydrogen-bond acceptors (Lipinski definition) is 7. The summed E-state index contributed by atoms with van der Waals surface area (Å²) >= 11 is 0. The summed E-state index contributed by atoms with van der Waals surface area (Å²) in [7, 11) is 0. The van der Waals surface area contributed by atoms with Gasteiger partial charge in [0.15, 0.2) is 0 Å². The lowest BCUT2D eigenvalue weighted by Gasteiger charge is -2.24. The van der Waals surface area contributed by atoms with Crippen LogP contribution in [0.3, 0.4) is 0 Å². The van der Waals surface area contributed by atoms with Crippen LogP contribution in [0.5, 0.6) is 0 Å². The van der Waals surface area contributed by atoms with Crippen molar-refractivity contribution in [3.63, 3.8) is 0 Å². The molecule has 1 aromatic heterocycles. The molecule has 0 bridgehead atoms. The van der Waals surface area contributed by atoms with E-state index in [4.69, 9.17) is 4.52 Å². The van der Waals surface area contributed by atoms with E-state index in [9.17, 15) is 32.3 Å². The van der Waals surface area contributed by atoms with Gasteiger partial charge in [-0.2, -0.15) is 18.2 Å². The van der Waals surface area contributed by atoms with Gasteiger partial charge in [0.25, 0.3) is 5.91 Å². The number of ketones is 1. The molecule has 4 aromatic rings. The molecule has 1 N–H and O–H groups in total. The Bertz CT molecular complexity index is 1740. The Labute approximate surface area is 268 Å². The minimum absolute atomic E-state index is 0.0374. The molecule has 2 atom stereocenters. The Balaban J connectivity index is 1.29. The SMILES string of the molecule is CC(C)[C@H](NC(=O)CN1C(=O)N(Cc2ccccc2)C(=O)[C@@H]1Cc1ccccc1)C(=O)c1noc(Cc2cccc(C(F)(F)F)c2)n1. The van der Waals surface area contributed by atoms with Crippen molar-refractivity contribution in [2.45, 2.75) is 51.5 Å². The molecule has 0 saturated carbocycles. The van der Waals surface area contributed by atoms with Gasteiger partial charge in [-0.1, -0.05) is 97.9 Å². The number of carbonyl (C=O) groups excluding carboxylic acids is 4. The van der Waals surface area contributed by atoms with E-state index in [1.54, 1.807) is 38.1 Å². The van der Waals surface area contributed by atoms with Crippen LogP contribution in [0.1, 0.15) is 52.6 Å². The standard InChI is InChI=1S/C34H32F3N5O5/c1-21(2)29(30(44)31-39-28(47-40-31)18-24-14-9-15-25(16-24)34(35,36)37)38-27(43)20-41-26(17-22-10-5-3-6-11-22)32(45)42(33(41)46)19-23-12-7-4-8-13-23/h3-16,21,26,29H,17-20H2,1-2H3,(H,38,43)/t26-,29-/m0/s1. The van der Waals surface area contributed by atoms with Crippen LogP contribution in [0.15, 0.2) is 89.5 Å². The fraction of sp³-hybridized carbons (Fsp3) is 0.294. The van der Waals surface area contributed by atoms with Gasteiger partial charge in [-0.15, -0.1) is 0 Å². The maximum atomic E-state index is 13.5. The number of hydrogen-bond donors (Lipinski definition) is 1. The second kappa shape index (κ2) is 14.0. The third-order valence-electron chi connectivity index (χ3n) is 7.74. The van der Waals surface area contributed by atoms with Crippen LogP contribution in [-0.2, 0) is 35.2 Å². The molecule has 5 rings (SSSR count). The number of nitrogens with one attached hydrogen (secondary N) is 1. The number of rotatable bonds is 12. The summed E-state index contributed by atoms with van der Waals surface area (Å²) in [5.74, 6) is -2.66. The molecule has 10 nitrogen and oxygen atoms in total. The van der Waals surface area contributed by atoms with Gasteiger partial charge < -0.3 is 14.7 Å². The van der Waals surface area contributed by atoms with Gasteiger partial charge >= 0.3 is 12.2 Å². The zero-order chi connectivity index (χ0) is 33.7. The van der Waals surface area contributed by atoms with Crippen LogP contribution in [-0.4, -0.2) is 62.2 Å². The second-order valence-corrected chi connectivity index (χ2v) is 11.6. The summed E-state index contributed by atoms with van der Waals surface area (Å²) in [6.45, 7) is 2.93. The van der Waals surface area contributed by atoms with Crippen LogP contribution in [0, 0.1) is 5.92 Å². The molecular weight excluding hydrogens is 615 g/mol. The van der Waals surface area contributed by atoms with Crippen LogP contribution in [0.25, 0.3) is 0 Å². The molecule has 0 radical (unpaired) electrons. The quantitative estimate of drug-likeness (QED) is 0.168. The van der Waals surface area contributed by atoms with Crippen molar-refractivity contribution < 1.29 is 36.9 Å². The number of urea groups is 1. The van der Waals surface area contributed by atoms with Gasteiger partial charge in [0.1, 0.15) is 12.6 Å². The van der Waals surface area contributed by atoms with E-state index < -0.39 is 59.9 Å². The normalized spacial score (nSPS) is 15.7. The zero-order valence-electron chi connectivity index (χ0n) is 25.6. The number of Topliss-reactive ketones (excluding diaryl/α,β-unsaturated/α-hetero) is 1. The molecule has 4 amide bonds. The van der Waals surface area contributed by atoms with E-state index in [0.717, 1.165) is 28.2 Å². The zero-order valence-corrected chi connectivity index (χ0v) is 25.6. The number of carbonyl (C=O) groups is 4. The lowest BCUT2D eigenvalue weighted by atomic mass is 9.99. The highest BCUT2D eigenvalue weighted by molar-refractivity contribution is 6.06. The lowest BCUT2D eigenvalue weighted by molar-refractivity contribution is -0.137. The van der Waals surface area contributed by atoms with Crippen LogP contribution in [0.4, 0.5) is 18.0 Å². The summed E-state index contributed by atoms with van der Waals surface area (Å²) < 4.78 is 44.5. The van der Waals surface area contributed by atoms with E-state index in [1.807, 2.05) is 36.4 Å². The van der Waals surface area contributed by atoms with Crippen molar-refractivity contribution in [1.82, 2.24) is 25.3 Å². The molecule has 1 fully saturated rings. The molecule has 13 heteroatoms. The van der Waals surface area contributed by atoms with Gasteiger partial charge in [0.2, 0.25) is 23.4 Å². The maximum absolute atomic E-state index is 13.5. The number of alkyl halides is 3. The van der Waals surface area contributed by atoms with E-state index >= 15 is 0 Å². The van der Waals surface area contributed by atoms with Crippen LogP contribution in [0.2, 0.25) is 0 Å². The van der Waals surface area contributed by atoms with Crippen LogP contribution < -0.4 is 5.32 Å². The third kappa shape index (κ3) is 7.91. The first kappa shape index (κ1) is 33.0. The van der Waals surface area contributed by atoms with Gasteiger partial charge in [0.05, 0.1) is 24.6 Å². The molecule has 47 heavy (non-hydrogen) atoms. The number of nitrogens with zero attached hydrogens (tertiary/aromatic N) is 4. The van der Waals surface area contributed by atoms with Gasteiger partial charge in [0, 0.05) is 6.42 Å². The van der Waals surface area contributed by atoms with Gasteiger partial charge in [-0.25, -0.2) is 4.79 Å². The highest BCUT2D eigenvalue weighted by atomic mass is 19.4. The molecule has 1 aliphatic rings. The number of halogens is 3. The monoisotopic (exact) mass is 647 g/mol. The average Bonchev–Trinajstić information content (AvgIpc) is 3.59. The fourth-order valence-electron chi connectivity index (χ4n) is 5.33. The Morgan fingerprint density at radius 1 is 0.915 bits per heavy atom. The number of imide groups is 1. The Morgan fingerprint density at radius 2 is 1.55 bits per heavy atom. The van der Waals surface area contributed by atoms with E-state index in [-0.39, 0.29) is 36.7 Å². The van der Waals surface area contributed by atoms with Gasteiger partial charge in [-0.05, 0) is 28.7 Å². The first-order valence-electron chi connectivity index (χ1n) is 14.9.